The summed E-state index contributed by atoms with van der Waals surface area (Å²) in [5.74, 6) is -0.424. The molecule has 17 heavy (non-hydrogen) atoms. The molecule has 0 radical (unpaired) electrons. The van der Waals surface area contributed by atoms with Gasteiger partial charge in [-0.25, -0.2) is 0 Å². The largest absolute Gasteiger partial charge is 0.382 e. The van der Waals surface area contributed by atoms with Crippen molar-refractivity contribution in [3.05, 3.63) is 34.4 Å². The van der Waals surface area contributed by atoms with E-state index in [1.165, 1.54) is 5.56 Å². The lowest BCUT2D eigenvalue weighted by atomic mass is 10.00. The average Bonchev–Trinajstić information content (AvgIpc) is 2.26. The van der Waals surface area contributed by atoms with Crippen LogP contribution in [0.2, 0.25) is 0 Å². The van der Waals surface area contributed by atoms with Gasteiger partial charge >= 0.3 is 0 Å². The second kappa shape index (κ2) is 5.80. The molecule has 0 saturated carbocycles. The number of amides is 1. The molecule has 4 N–H and O–H groups in total. The summed E-state index contributed by atoms with van der Waals surface area (Å²) in [6.45, 7) is 6.44. The van der Waals surface area contributed by atoms with Crippen molar-refractivity contribution in [2.75, 3.05) is 6.54 Å². The Morgan fingerprint density at radius 2 is 1.88 bits per heavy atom. The normalized spacial score (nSPS) is 12.3. The van der Waals surface area contributed by atoms with Crippen LogP contribution in [0.15, 0.2) is 12.1 Å². The maximum Gasteiger partial charge on any atom is 0.250 e. The van der Waals surface area contributed by atoms with E-state index in [9.17, 15) is 9.90 Å². The molecule has 0 aliphatic rings. The van der Waals surface area contributed by atoms with E-state index in [4.69, 9.17) is 5.73 Å². The minimum absolute atomic E-state index is 0.0578. The molecule has 1 aromatic carbocycles. The molecule has 1 unspecified atom stereocenters. The van der Waals surface area contributed by atoms with Gasteiger partial charge in [-0.1, -0.05) is 17.7 Å². The third-order valence-corrected chi connectivity index (χ3v) is 2.81. The smallest absolute Gasteiger partial charge is 0.250 e. The zero-order chi connectivity index (χ0) is 13.0. The SMILES string of the molecule is Cc1cc(C)c(CNC(=O)C(O)CN)c(C)c1. The Hall–Kier alpha value is -1.39. The van der Waals surface area contributed by atoms with E-state index < -0.39 is 12.0 Å². The van der Waals surface area contributed by atoms with Crippen LogP contribution in [0.4, 0.5) is 0 Å². The fourth-order valence-electron chi connectivity index (χ4n) is 1.89. The summed E-state index contributed by atoms with van der Waals surface area (Å²) in [5.41, 5.74) is 9.79. The number of aryl methyl sites for hydroxylation is 3. The monoisotopic (exact) mass is 236 g/mol. The topological polar surface area (TPSA) is 75.3 Å². The van der Waals surface area contributed by atoms with Crippen molar-refractivity contribution in [3.63, 3.8) is 0 Å². The lowest BCUT2D eigenvalue weighted by Crippen LogP contribution is -2.39. The molecule has 94 valence electrons. The predicted molar refractivity (Wildman–Crippen MR) is 67.6 cm³/mol. The molecule has 0 aliphatic heterocycles. The molecule has 0 aliphatic carbocycles. The highest BCUT2D eigenvalue weighted by Gasteiger charge is 2.13. The first-order chi connectivity index (χ1) is 7.95. The number of carbonyl (C=O) groups is 1. The van der Waals surface area contributed by atoms with Crippen LogP contribution >= 0.6 is 0 Å². The van der Waals surface area contributed by atoms with Crippen molar-refractivity contribution in [1.29, 1.82) is 0 Å². The zero-order valence-electron chi connectivity index (χ0n) is 10.6. The molecule has 0 aromatic heterocycles. The van der Waals surface area contributed by atoms with Gasteiger partial charge in [-0.3, -0.25) is 4.79 Å². The second-order valence-corrected chi connectivity index (χ2v) is 4.35. The summed E-state index contributed by atoms with van der Waals surface area (Å²) in [7, 11) is 0. The number of aliphatic hydroxyl groups is 1. The third-order valence-electron chi connectivity index (χ3n) is 2.81. The Kier molecular flexibility index (Phi) is 4.66. The summed E-state index contributed by atoms with van der Waals surface area (Å²) in [5, 5.41) is 11.9. The van der Waals surface area contributed by atoms with Crippen LogP contribution in [0.3, 0.4) is 0 Å². The van der Waals surface area contributed by atoms with Crippen molar-refractivity contribution < 1.29 is 9.90 Å². The summed E-state index contributed by atoms with van der Waals surface area (Å²) >= 11 is 0. The maximum absolute atomic E-state index is 11.4. The number of nitrogens with two attached hydrogens (primary N) is 1. The van der Waals surface area contributed by atoms with E-state index in [1.807, 2.05) is 20.8 Å². The van der Waals surface area contributed by atoms with Crippen LogP contribution in [0.1, 0.15) is 22.3 Å². The van der Waals surface area contributed by atoms with Crippen LogP contribution < -0.4 is 11.1 Å². The molecule has 1 atom stereocenters. The highest BCUT2D eigenvalue weighted by Crippen LogP contribution is 2.15. The first-order valence-corrected chi connectivity index (χ1v) is 5.68. The molecule has 1 amide bonds. The van der Waals surface area contributed by atoms with Crippen molar-refractivity contribution in [3.8, 4) is 0 Å². The molecular weight excluding hydrogens is 216 g/mol. The molecule has 0 fully saturated rings. The quantitative estimate of drug-likeness (QED) is 0.714. The van der Waals surface area contributed by atoms with E-state index >= 15 is 0 Å². The molecule has 4 heteroatoms. The molecule has 0 bridgehead atoms. The molecule has 1 rings (SSSR count). The van der Waals surface area contributed by atoms with E-state index in [0.717, 1.165) is 16.7 Å². The van der Waals surface area contributed by atoms with Gasteiger partial charge in [-0.05, 0) is 37.5 Å². The Balaban J connectivity index is 2.73. The van der Waals surface area contributed by atoms with Crippen molar-refractivity contribution in [2.45, 2.75) is 33.4 Å². The van der Waals surface area contributed by atoms with Crippen LogP contribution in [-0.2, 0) is 11.3 Å². The van der Waals surface area contributed by atoms with Gasteiger partial charge in [0.1, 0.15) is 6.10 Å². The minimum atomic E-state index is -1.12. The average molecular weight is 236 g/mol. The predicted octanol–water partition coefficient (Wildman–Crippen LogP) is 0.548. The van der Waals surface area contributed by atoms with E-state index in [-0.39, 0.29) is 6.54 Å². The number of aliphatic hydroxyl groups excluding tert-OH is 1. The van der Waals surface area contributed by atoms with E-state index in [2.05, 4.69) is 17.4 Å². The molecule has 0 spiro atoms. The van der Waals surface area contributed by atoms with Crippen LogP contribution in [0, 0.1) is 20.8 Å². The van der Waals surface area contributed by atoms with Gasteiger partial charge < -0.3 is 16.2 Å². The lowest BCUT2D eigenvalue weighted by Gasteiger charge is -2.14. The fraction of sp³-hybridized carbons (Fsp3) is 0.462. The standard InChI is InChI=1S/C13H20N2O2/c1-8-4-9(2)11(10(3)5-8)7-15-13(17)12(16)6-14/h4-5,12,16H,6-7,14H2,1-3H3,(H,15,17). The molecule has 0 saturated heterocycles. The number of carbonyl (C=O) groups excluding carboxylic acids is 1. The Labute approximate surface area is 102 Å². The van der Waals surface area contributed by atoms with Gasteiger partial charge in [-0.2, -0.15) is 0 Å². The molecule has 1 aromatic rings. The van der Waals surface area contributed by atoms with Crippen LogP contribution in [-0.4, -0.2) is 23.7 Å². The van der Waals surface area contributed by atoms with Gasteiger partial charge in [0, 0.05) is 13.1 Å². The molecular formula is C13H20N2O2. The number of hydrogen-bond acceptors (Lipinski definition) is 3. The third kappa shape index (κ3) is 3.54. The van der Waals surface area contributed by atoms with E-state index in [0.29, 0.717) is 6.54 Å². The Morgan fingerprint density at radius 3 is 2.35 bits per heavy atom. The second-order valence-electron chi connectivity index (χ2n) is 4.35. The van der Waals surface area contributed by atoms with Crippen molar-refractivity contribution in [2.24, 2.45) is 5.73 Å². The number of rotatable bonds is 4. The van der Waals surface area contributed by atoms with Crippen LogP contribution in [0.5, 0.6) is 0 Å². The van der Waals surface area contributed by atoms with Crippen molar-refractivity contribution in [1.82, 2.24) is 5.32 Å². The highest BCUT2D eigenvalue weighted by molar-refractivity contribution is 5.80. The maximum atomic E-state index is 11.4. The zero-order valence-corrected chi connectivity index (χ0v) is 10.6. The van der Waals surface area contributed by atoms with Gasteiger partial charge in [-0.15, -0.1) is 0 Å². The highest BCUT2D eigenvalue weighted by atomic mass is 16.3. The lowest BCUT2D eigenvalue weighted by molar-refractivity contribution is -0.128. The summed E-state index contributed by atoms with van der Waals surface area (Å²) in [4.78, 5) is 11.4. The van der Waals surface area contributed by atoms with Crippen LogP contribution in [0.25, 0.3) is 0 Å². The number of nitrogens with one attached hydrogen (secondary N) is 1. The van der Waals surface area contributed by atoms with Gasteiger partial charge in [0.05, 0.1) is 0 Å². The Bertz CT molecular complexity index is 393. The number of hydrogen-bond donors (Lipinski definition) is 3. The summed E-state index contributed by atoms with van der Waals surface area (Å²) in [6, 6.07) is 4.15. The van der Waals surface area contributed by atoms with Gasteiger partial charge in [0.15, 0.2) is 0 Å². The first kappa shape index (κ1) is 13.7. The van der Waals surface area contributed by atoms with Gasteiger partial charge in [0.25, 0.3) is 0 Å². The Morgan fingerprint density at radius 1 is 1.35 bits per heavy atom. The van der Waals surface area contributed by atoms with Crippen molar-refractivity contribution >= 4 is 5.91 Å². The van der Waals surface area contributed by atoms with Gasteiger partial charge in [0.2, 0.25) is 5.91 Å². The molecule has 0 heterocycles. The fourth-order valence-corrected chi connectivity index (χ4v) is 1.89. The van der Waals surface area contributed by atoms with E-state index in [1.54, 1.807) is 0 Å². The summed E-state index contributed by atoms with van der Waals surface area (Å²) < 4.78 is 0. The molecule has 4 nitrogen and oxygen atoms in total. The minimum Gasteiger partial charge on any atom is -0.382 e. The first-order valence-electron chi connectivity index (χ1n) is 5.68. The summed E-state index contributed by atoms with van der Waals surface area (Å²) in [6.07, 6.45) is -1.12. The number of benzene rings is 1.